The van der Waals surface area contributed by atoms with Crippen molar-refractivity contribution in [2.24, 2.45) is 5.73 Å². The fourth-order valence-corrected chi connectivity index (χ4v) is 1.20. The maximum Gasteiger partial charge on any atom is 0.490 e. The lowest BCUT2D eigenvalue weighted by Gasteiger charge is -2.10. The summed E-state index contributed by atoms with van der Waals surface area (Å²) in [6, 6.07) is 6.25. The van der Waals surface area contributed by atoms with Crippen LogP contribution in [0.4, 0.5) is 5.69 Å². The number of nitrogens with zero attached hydrogens (tertiary/aromatic N) is 1. The normalized spacial score (nSPS) is 9.13. The highest BCUT2D eigenvalue weighted by Crippen LogP contribution is 2.07. The number of thiocarbonyl (C=S) groups is 1. The van der Waals surface area contributed by atoms with Crippen molar-refractivity contribution in [1.29, 1.82) is 5.26 Å². The Morgan fingerprint density at radius 3 is 2.67 bits per heavy atom. The number of hydrogen-bond acceptors (Lipinski definition) is 4. The van der Waals surface area contributed by atoms with Gasteiger partial charge in [-0.1, -0.05) is 6.07 Å². The first-order valence-corrected chi connectivity index (χ1v) is 4.42. The summed E-state index contributed by atoms with van der Waals surface area (Å²) < 4.78 is 0. The van der Waals surface area contributed by atoms with Crippen LogP contribution >= 0.6 is 12.2 Å². The van der Waals surface area contributed by atoms with Crippen molar-refractivity contribution < 1.29 is 10.0 Å². The van der Waals surface area contributed by atoms with Gasteiger partial charge in [-0.15, -0.1) is 0 Å². The van der Waals surface area contributed by atoms with Crippen molar-refractivity contribution in [3.8, 4) is 6.07 Å². The zero-order valence-electron chi connectivity index (χ0n) is 7.64. The molecule has 1 rings (SSSR count). The molecule has 0 heterocycles. The number of benzene rings is 1. The first-order valence-electron chi connectivity index (χ1n) is 4.01. The summed E-state index contributed by atoms with van der Waals surface area (Å²) in [5.41, 5.74) is 6.16. The SMILES string of the molecule is N#Cc1ccc(B(O)O)c(NC(N)=S)c1. The van der Waals surface area contributed by atoms with Gasteiger partial charge >= 0.3 is 7.12 Å². The second-order valence-electron chi connectivity index (χ2n) is 2.78. The molecule has 1 aromatic carbocycles. The topological polar surface area (TPSA) is 102 Å². The lowest BCUT2D eigenvalue weighted by molar-refractivity contribution is 0.426. The summed E-state index contributed by atoms with van der Waals surface area (Å²) in [6.07, 6.45) is 0. The van der Waals surface area contributed by atoms with E-state index in [9.17, 15) is 0 Å². The number of nitrogens with one attached hydrogen (secondary N) is 1. The van der Waals surface area contributed by atoms with E-state index in [0.29, 0.717) is 11.3 Å². The first kappa shape index (κ1) is 11.5. The minimum atomic E-state index is -1.64. The van der Waals surface area contributed by atoms with Crippen molar-refractivity contribution in [3.05, 3.63) is 23.8 Å². The molecular formula is C8H8BN3O2S. The third-order valence-electron chi connectivity index (χ3n) is 1.72. The zero-order valence-corrected chi connectivity index (χ0v) is 8.45. The Balaban J connectivity index is 3.17. The fourth-order valence-electron chi connectivity index (χ4n) is 1.09. The van der Waals surface area contributed by atoms with E-state index in [1.165, 1.54) is 18.2 Å². The van der Waals surface area contributed by atoms with Gasteiger partial charge in [0.05, 0.1) is 11.6 Å². The van der Waals surface area contributed by atoms with E-state index < -0.39 is 7.12 Å². The molecule has 15 heavy (non-hydrogen) atoms. The van der Waals surface area contributed by atoms with Gasteiger partial charge in [-0.05, 0) is 24.4 Å². The Morgan fingerprint density at radius 1 is 1.53 bits per heavy atom. The van der Waals surface area contributed by atoms with E-state index in [1.807, 2.05) is 6.07 Å². The van der Waals surface area contributed by atoms with Crippen LogP contribution in [0, 0.1) is 11.3 Å². The molecule has 5 N–H and O–H groups in total. The Bertz CT molecular complexity index is 430. The number of rotatable bonds is 2. The van der Waals surface area contributed by atoms with Gasteiger partial charge in [0.15, 0.2) is 5.11 Å². The van der Waals surface area contributed by atoms with Crippen LogP contribution in [-0.4, -0.2) is 22.3 Å². The number of hydrogen-bond donors (Lipinski definition) is 4. The molecule has 76 valence electrons. The smallest absolute Gasteiger partial charge is 0.423 e. The third-order valence-corrected chi connectivity index (χ3v) is 1.82. The zero-order chi connectivity index (χ0) is 11.4. The van der Waals surface area contributed by atoms with Crippen LogP contribution in [0.1, 0.15) is 5.56 Å². The van der Waals surface area contributed by atoms with Crippen LogP contribution in [0.5, 0.6) is 0 Å². The molecule has 0 aliphatic rings. The summed E-state index contributed by atoms with van der Waals surface area (Å²) in [6.45, 7) is 0. The Kier molecular flexibility index (Phi) is 3.63. The van der Waals surface area contributed by atoms with E-state index in [0.717, 1.165) is 0 Å². The largest absolute Gasteiger partial charge is 0.490 e. The lowest BCUT2D eigenvalue weighted by atomic mass is 9.78. The molecule has 0 spiro atoms. The molecule has 0 amide bonds. The van der Waals surface area contributed by atoms with Crippen molar-refractivity contribution in [2.75, 3.05) is 5.32 Å². The molecule has 1 aromatic rings. The molecule has 0 aliphatic heterocycles. The van der Waals surface area contributed by atoms with Crippen LogP contribution in [0.2, 0.25) is 0 Å². The molecule has 0 fully saturated rings. The fraction of sp³-hybridized carbons (Fsp3) is 0. The van der Waals surface area contributed by atoms with Crippen LogP contribution in [0.3, 0.4) is 0 Å². The average molecular weight is 221 g/mol. The highest BCUT2D eigenvalue weighted by atomic mass is 32.1. The number of nitriles is 1. The maximum absolute atomic E-state index is 9.03. The van der Waals surface area contributed by atoms with E-state index in [-0.39, 0.29) is 10.6 Å². The van der Waals surface area contributed by atoms with Crippen molar-refractivity contribution in [3.63, 3.8) is 0 Å². The van der Waals surface area contributed by atoms with E-state index in [2.05, 4.69) is 17.5 Å². The highest BCUT2D eigenvalue weighted by molar-refractivity contribution is 7.80. The summed E-state index contributed by atoms with van der Waals surface area (Å²) in [7, 11) is -1.64. The van der Waals surface area contributed by atoms with E-state index in [4.69, 9.17) is 21.0 Å². The molecule has 0 saturated heterocycles. The second-order valence-corrected chi connectivity index (χ2v) is 3.22. The third kappa shape index (κ3) is 2.92. The highest BCUT2D eigenvalue weighted by Gasteiger charge is 2.16. The van der Waals surface area contributed by atoms with Gasteiger partial charge in [-0.25, -0.2) is 0 Å². The summed E-state index contributed by atoms with van der Waals surface area (Å²) in [5.74, 6) is 0. The van der Waals surface area contributed by atoms with Gasteiger partial charge in [0.2, 0.25) is 0 Å². The van der Waals surface area contributed by atoms with Crippen LogP contribution in [-0.2, 0) is 0 Å². The molecule has 0 radical (unpaired) electrons. The average Bonchev–Trinajstić information content (AvgIpc) is 2.16. The molecule has 0 aromatic heterocycles. The van der Waals surface area contributed by atoms with Crippen LogP contribution in [0.25, 0.3) is 0 Å². The number of anilines is 1. The summed E-state index contributed by atoms with van der Waals surface area (Å²) in [5, 5.41) is 29.3. The Morgan fingerprint density at radius 2 is 2.20 bits per heavy atom. The van der Waals surface area contributed by atoms with Gasteiger partial charge in [0.25, 0.3) is 0 Å². The predicted molar refractivity (Wildman–Crippen MR) is 61.4 cm³/mol. The molecular weight excluding hydrogens is 213 g/mol. The predicted octanol–water partition coefficient (Wildman–Crippen LogP) is -1.11. The summed E-state index contributed by atoms with van der Waals surface area (Å²) in [4.78, 5) is 0. The van der Waals surface area contributed by atoms with Gasteiger partial charge in [0, 0.05) is 11.2 Å². The molecule has 0 unspecified atom stereocenters. The van der Waals surface area contributed by atoms with Crippen LogP contribution < -0.4 is 16.5 Å². The van der Waals surface area contributed by atoms with Gasteiger partial charge in [-0.3, -0.25) is 0 Å². The van der Waals surface area contributed by atoms with Gasteiger partial charge in [-0.2, -0.15) is 5.26 Å². The molecule has 0 bridgehead atoms. The molecule has 0 atom stereocenters. The molecule has 0 aliphatic carbocycles. The summed E-state index contributed by atoms with van der Waals surface area (Å²) >= 11 is 4.62. The van der Waals surface area contributed by atoms with Crippen LogP contribution in [0.15, 0.2) is 18.2 Å². The quantitative estimate of drug-likeness (QED) is 0.373. The minimum absolute atomic E-state index is 0.00742. The monoisotopic (exact) mass is 221 g/mol. The Hall–Kier alpha value is -1.62. The minimum Gasteiger partial charge on any atom is -0.423 e. The first-order chi connectivity index (χ1) is 7.04. The number of nitrogens with two attached hydrogens (primary N) is 1. The van der Waals surface area contributed by atoms with E-state index in [1.54, 1.807) is 0 Å². The van der Waals surface area contributed by atoms with E-state index >= 15 is 0 Å². The molecule has 0 saturated carbocycles. The van der Waals surface area contributed by atoms with Gasteiger partial charge < -0.3 is 21.1 Å². The Labute approximate surface area is 92.3 Å². The molecule has 5 nitrogen and oxygen atoms in total. The van der Waals surface area contributed by atoms with Crippen molar-refractivity contribution in [1.82, 2.24) is 0 Å². The van der Waals surface area contributed by atoms with Crippen molar-refractivity contribution >= 4 is 35.6 Å². The van der Waals surface area contributed by atoms with Gasteiger partial charge in [0.1, 0.15) is 0 Å². The van der Waals surface area contributed by atoms with Crippen molar-refractivity contribution in [2.45, 2.75) is 0 Å². The standard InChI is InChI=1S/C8H8BN3O2S/c10-4-5-1-2-6(9(13)14)7(3-5)12-8(11)15/h1-3,13-14H,(H3,11,12,15). The maximum atomic E-state index is 9.03. The second kappa shape index (κ2) is 4.75. The lowest BCUT2D eigenvalue weighted by Crippen LogP contribution is -2.34. The molecule has 7 heteroatoms.